The van der Waals surface area contributed by atoms with Gasteiger partial charge in [-0.1, -0.05) is 95.8 Å². The Morgan fingerprint density at radius 2 is 1.11 bits per heavy atom. The van der Waals surface area contributed by atoms with E-state index in [-0.39, 0.29) is 11.5 Å². The standard InChI is InChI=1S/C27H49O6PS/c1-4-6-22-31-34(28,32-23-7-5-2)25-17-15-13-11-9-8-10-12-14-16-24-33-35(29,30)27-20-18-26(3)19-21-27/h18-21H,4-17,22-25H2,1-3H3. The zero-order valence-electron chi connectivity index (χ0n) is 22.3. The van der Waals surface area contributed by atoms with Crippen molar-refractivity contribution in [1.29, 1.82) is 0 Å². The van der Waals surface area contributed by atoms with Crippen molar-refractivity contribution in [3.63, 3.8) is 0 Å². The molecule has 0 atom stereocenters. The molecular formula is C27H49O6PS. The highest BCUT2D eigenvalue weighted by atomic mass is 32.2. The van der Waals surface area contributed by atoms with Gasteiger partial charge in [-0.25, -0.2) is 0 Å². The first kappa shape index (κ1) is 32.3. The zero-order valence-corrected chi connectivity index (χ0v) is 24.1. The number of hydrogen-bond acceptors (Lipinski definition) is 6. The summed E-state index contributed by atoms with van der Waals surface area (Å²) in [4.78, 5) is 0.221. The molecule has 35 heavy (non-hydrogen) atoms. The van der Waals surface area contributed by atoms with E-state index >= 15 is 0 Å². The molecule has 0 aliphatic heterocycles. The van der Waals surface area contributed by atoms with Crippen LogP contribution in [0.25, 0.3) is 0 Å². The quantitative estimate of drug-likeness (QED) is 0.0799. The Morgan fingerprint density at radius 3 is 1.60 bits per heavy atom. The molecule has 1 rings (SSSR count). The molecule has 0 spiro atoms. The lowest BCUT2D eigenvalue weighted by Gasteiger charge is -2.18. The Labute approximate surface area is 215 Å². The van der Waals surface area contributed by atoms with Crippen LogP contribution in [-0.2, 0) is 27.9 Å². The Balaban J connectivity index is 2.03. The van der Waals surface area contributed by atoms with Crippen LogP contribution in [0.1, 0.15) is 109 Å². The molecule has 0 saturated carbocycles. The van der Waals surface area contributed by atoms with Gasteiger partial charge < -0.3 is 9.05 Å². The first-order chi connectivity index (χ1) is 16.8. The van der Waals surface area contributed by atoms with E-state index in [1.807, 2.05) is 6.92 Å². The molecular weight excluding hydrogens is 483 g/mol. The van der Waals surface area contributed by atoms with Crippen LogP contribution in [0, 0.1) is 6.92 Å². The lowest BCUT2D eigenvalue weighted by atomic mass is 10.1. The third kappa shape index (κ3) is 15.9. The summed E-state index contributed by atoms with van der Waals surface area (Å²) >= 11 is 0. The minimum absolute atomic E-state index is 0.221. The fourth-order valence-electron chi connectivity index (χ4n) is 3.63. The Bertz CT molecular complexity index is 780. The van der Waals surface area contributed by atoms with E-state index in [9.17, 15) is 13.0 Å². The molecule has 8 heteroatoms. The summed E-state index contributed by atoms with van der Waals surface area (Å²) in [5.41, 5.74) is 1.02. The van der Waals surface area contributed by atoms with Gasteiger partial charge >= 0.3 is 7.60 Å². The maximum Gasteiger partial charge on any atom is 0.330 e. The highest BCUT2D eigenvalue weighted by Crippen LogP contribution is 2.49. The molecule has 0 fully saturated rings. The first-order valence-corrected chi connectivity index (χ1v) is 16.8. The molecule has 0 amide bonds. The van der Waals surface area contributed by atoms with Crippen molar-refractivity contribution in [3.05, 3.63) is 29.8 Å². The fraction of sp³-hybridized carbons (Fsp3) is 0.778. The molecule has 204 valence electrons. The first-order valence-electron chi connectivity index (χ1n) is 13.7. The monoisotopic (exact) mass is 532 g/mol. The molecule has 0 saturated heterocycles. The Hall–Kier alpha value is -0.720. The molecule has 0 N–H and O–H groups in total. The molecule has 0 aliphatic carbocycles. The molecule has 0 bridgehead atoms. The van der Waals surface area contributed by atoms with Crippen LogP contribution in [0.5, 0.6) is 0 Å². The predicted octanol–water partition coefficient (Wildman–Crippen LogP) is 8.43. The number of benzene rings is 1. The van der Waals surface area contributed by atoms with E-state index in [2.05, 4.69) is 13.8 Å². The fourth-order valence-corrected chi connectivity index (χ4v) is 6.33. The van der Waals surface area contributed by atoms with Crippen LogP contribution in [0.3, 0.4) is 0 Å². The predicted molar refractivity (Wildman–Crippen MR) is 145 cm³/mol. The van der Waals surface area contributed by atoms with E-state index in [4.69, 9.17) is 13.2 Å². The summed E-state index contributed by atoms with van der Waals surface area (Å²) in [6, 6.07) is 6.74. The van der Waals surface area contributed by atoms with Crippen LogP contribution in [0.2, 0.25) is 0 Å². The normalized spacial score (nSPS) is 12.3. The number of rotatable bonds is 23. The second-order valence-corrected chi connectivity index (χ2v) is 13.1. The van der Waals surface area contributed by atoms with Crippen LogP contribution < -0.4 is 0 Å². The molecule has 0 aromatic heterocycles. The van der Waals surface area contributed by atoms with Crippen molar-refractivity contribution < 1.29 is 26.2 Å². The van der Waals surface area contributed by atoms with Crippen LogP contribution in [0.15, 0.2) is 29.2 Å². The van der Waals surface area contributed by atoms with Gasteiger partial charge in [-0.2, -0.15) is 8.42 Å². The van der Waals surface area contributed by atoms with Crippen LogP contribution in [-0.4, -0.2) is 34.4 Å². The average Bonchev–Trinajstić information content (AvgIpc) is 2.83. The van der Waals surface area contributed by atoms with Gasteiger partial charge in [-0.15, -0.1) is 0 Å². The second-order valence-electron chi connectivity index (χ2n) is 9.33. The van der Waals surface area contributed by atoms with Crippen molar-refractivity contribution in [3.8, 4) is 0 Å². The summed E-state index contributed by atoms with van der Waals surface area (Å²) in [6.07, 6.45) is 15.1. The van der Waals surface area contributed by atoms with Crippen molar-refractivity contribution in [2.45, 2.75) is 116 Å². The van der Waals surface area contributed by atoms with E-state index in [1.165, 1.54) is 19.3 Å². The second kappa shape index (κ2) is 19.4. The van der Waals surface area contributed by atoms with Gasteiger partial charge in [0.2, 0.25) is 0 Å². The topological polar surface area (TPSA) is 78.9 Å². The van der Waals surface area contributed by atoms with Crippen molar-refractivity contribution in [2.24, 2.45) is 0 Å². The summed E-state index contributed by atoms with van der Waals surface area (Å²) in [5, 5.41) is 0. The van der Waals surface area contributed by atoms with Gasteiger partial charge in [0, 0.05) is 0 Å². The lowest BCUT2D eigenvalue weighted by molar-refractivity contribution is 0.199. The summed E-state index contributed by atoms with van der Waals surface area (Å²) in [7, 11) is -6.58. The van der Waals surface area contributed by atoms with Crippen molar-refractivity contribution in [1.82, 2.24) is 0 Å². The molecule has 0 heterocycles. The van der Waals surface area contributed by atoms with Gasteiger partial charge in [0.25, 0.3) is 10.1 Å². The van der Waals surface area contributed by atoms with Crippen molar-refractivity contribution >= 4 is 17.7 Å². The lowest BCUT2D eigenvalue weighted by Crippen LogP contribution is -2.07. The van der Waals surface area contributed by atoms with E-state index in [0.717, 1.165) is 76.2 Å². The third-order valence-electron chi connectivity index (χ3n) is 5.95. The SMILES string of the molecule is CCCCOP(=O)(CCCCCCCCCCCCOS(=O)(=O)c1ccc(C)cc1)OCCCC. The maximum absolute atomic E-state index is 12.9. The van der Waals surface area contributed by atoms with Crippen LogP contribution in [0.4, 0.5) is 0 Å². The summed E-state index contributed by atoms with van der Waals surface area (Å²) in [6.45, 7) is 7.41. The van der Waals surface area contributed by atoms with Gasteiger partial charge in [-0.3, -0.25) is 8.75 Å². The third-order valence-corrected chi connectivity index (χ3v) is 9.29. The average molecular weight is 533 g/mol. The molecule has 0 unspecified atom stereocenters. The molecule has 1 aromatic carbocycles. The Morgan fingerprint density at radius 1 is 0.657 bits per heavy atom. The Kier molecular flexibility index (Phi) is 17.9. The molecule has 1 aromatic rings. The highest BCUT2D eigenvalue weighted by Gasteiger charge is 2.23. The summed E-state index contributed by atoms with van der Waals surface area (Å²) < 4.78 is 53.6. The minimum atomic E-state index is -3.64. The van der Waals surface area contributed by atoms with E-state index in [1.54, 1.807) is 24.3 Å². The molecule has 6 nitrogen and oxygen atoms in total. The smallest absolute Gasteiger partial charge is 0.309 e. The van der Waals surface area contributed by atoms with E-state index < -0.39 is 17.7 Å². The van der Waals surface area contributed by atoms with E-state index in [0.29, 0.717) is 19.4 Å². The largest absolute Gasteiger partial charge is 0.330 e. The molecule has 0 aliphatic rings. The zero-order chi connectivity index (χ0) is 25.8. The van der Waals surface area contributed by atoms with Crippen molar-refractivity contribution in [2.75, 3.05) is 26.0 Å². The maximum atomic E-state index is 12.9. The van der Waals surface area contributed by atoms with Gasteiger partial charge in [0.1, 0.15) is 0 Å². The number of hydrogen-bond donors (Lipinski definition) is 0. The minimum Gasteiger partial charge on any atom is -0.309 e. The van der Waals surface area contributed by atoms with Gasteiger partial charge in [-0.05, 0) is 44.7 Å². The molecule has 0 radical (unpaired) electrons. The number of aryl methyl sites for hydroxylation is 1. The van der Waals surface area contributed by atoms with Crippen LogP contribution >= 0.6 is 7.60 Å². The highest BCUT2D eigenvalue weighted by molar-refractivity contribution is 7.86. The summed E-state index contributed by atoms with van der Waals surface area (Å²) in [5.74, 6) is 0. The van der Waals surface area contributed by atoms with Gasteiger partial charge in [0.15, 0.2) is 0 Å². The van der Waals surface area contributed by atoms with Gasteiger partial charge in [0.05, 0.1) is 30.9 Å². The number of unbranched alkanes of at least 4 members (excludes halogenated alkanes) is 11.